The predicted octanol–water partition coefficient (Wildman–Crippen LogP) is 5.78. The molecular formula is C25H23N3O3. The predicted molar refractivity (Wildman–Crippen MR) is 123 cm³/mol. The Hall–Kier alpha value is -3.80. The van der Waals surface area contributed by atoms with Crippen molar-refractivity contribution >= 4 is 16.6 Å². The lowest BCUT2D eigenvalue weighted by Crippen LogP contribution is -2.22. The third-order valence-corrected chi connectivity index (χ3v) is 5.77. The highest BCUT2D eigenvalue weighted by atomic mass is 16.6. The number of rotatable bonds is 5. The van der Waals surface area contributed by atoms with E-state index in [0.717, 1.165) is 6.42 Å². The van der Waals surface area contributed by atoms with E-state index in [1.807, 2.05) is 24.3 Å². The van der Waals surface area contributed by atoms with Crippen molar-refractivity contribution < 1.29 is 4.92 Å². The highest BCUT2D eigenvalue weighted by molar-refractivity contribution is 5.82. The third-order valence-electron chi connectivity index (χ3n) is 5.77. The van der Waals surface area contributed by atoms with Gasteiger partial charge in [-0.2, -0.15) is 0 Å². The van der Waals surface area contributed by atoms with Gasteiger partial charge in [-0.15, -0.1) is 0 Å². The van der Waals surface area contributed by atoms with Crippen LogP contribution in [-0.4, -0.2) is 14.5 Å². The molecule has 1 unspecified atom stereocenters. The molecule has 1 atom stereocenters. The van der Waals surface area contributed by atoms with Crippen LogP contribution in [0.2, 0.25) is 0 Å². The van der Waals surface area contributed by atoms with Crippen molar-refractivity contribution in [3.63, 3.8) is 0 Å². The van der Waals surface area contributed by atoms with Gasteiger partial charge in [0.2, 0.25) is 0 Å². The topological polar surface area (TPSA) is 78.0 Å². The Balaban J connectivity index is 2.06. The van der Waals surface area contributed by atoms with E-state index in [4.69, 9.17) is 4.98 Å². The van der Waals surface area contributed by atoms with Crippen LogP contribution in [-0.2, 0) is 0 Å². The van der Waals surface area contributed by atoms with Crippen molar-refractivity contribution in [3.8, 4) is 17.1 Å². The molecular weight excluding hydrogens is 390 g/mol. The first kappa shape index (κ1) is 20.5. The quantitative estimate of drug-likeness (QED) is 0.307. The summed E-state index contributed by atoms with van der Waals surface area (Å²) in [7, 11) is 0. The molecule has 0 aliphatic heterocycles. The molecule has 4 rings (SSSR count). The molecule has 6 nitrogen and oxygen atoms in total. The van der Waals surface area contributed by atoms with Crippen molar-refractivity contribution in [2.45, 2.75) is 33.1 Å². The first-order valence-corrected chi connectivity index (χ1v) is 10.3. The van der Waals surface area contributed by atoms with Crippen LogP contribution in [0.15, 0.2) is 71.5 Å². The summed E-state index contributed by atoms with van der Waals surface area (Å²) in [6.45, 7) is 5.97. The Morgan fingerprint density at radius 3 is 2.42 bits per heavy atom. The van der Waals surface area contributed by atoms with E-state index in [9.17, 15) is 14.9 Å². The lowest BCUT2D eigenvalue weighted by molar-refractivity contribution is -0.384. The molecule has 0 radical (unpaired) electrons. The largest absolute Gasteiger partial charge is 0.283 e. The number of para-hydroxylation sites is 2. The van der Waals surface area contributed by atoms with E-state index in [0.29, 0.717) is 33.6 Å². The molecule has 1 aromatic heterocycles. The molecule has 156 valence electrons. The first-order chi connectivity index (χ1) is 14.9. The summed E-state index contributed by atoms with van der Waals surface area (Å²) in [5.74, 6) is 0.660. The second kappa shape index (κ2) is 8.14. The van der Waals surface area contributed by atoms with Crippen LogP contribution in [0.1, 0.15) is 37.3 Å². The number of aryl methyl sites for hydroxylation is 1. The smallest absolute Gasteiger partial charge is 0.268 e. The maximum atomic E-state index is 13.5. The van der Waals surface area contributed by atoms with Gasteiger partial charge in [-0.25, -0.2) is 4.98 Å². The van der Waals surface area contributed by atoms with E-state index in [2.05, 4.69) is 13.8 Å². The zero-order valence-corrected chi connectivity index (χ0v) is 17.7. The highest BCUT2D eigenvalue weighted by Gasteiger charge is 2.24. The summed E-state index contributed by atoms with van der Waals surface area (Å²) in [4.78, 5) is 29.7. The maximum absolute atomic E-state index is 13.5. The summed E-state index contributed by atoms with van der Waals surface area (Å²) in [6, 6.07) is 19.9. The summed E-state index contributed by atoms with van der Waals surface area (Å²) < 4.78 is 1.48. The van der Waals surface area contributed by atoms with Gasteiger partial charge in [0.25, 0.3) is 11.2 Å². The van der Waals surface area contributed by atoms with Gasteiger partial charge in [-0.1, -0.05) is 50.2 Å². The zero-order chi connectivity index (χ0) is 22.1. The molecule has 0 saturated carbocycles. The number of nitrogens with zero attached hydrogens (tertiary/aromatic N) is 3. The van der Waals surface area contributed by atoms with Gasteiger partial charge < -0.3 is 0 Å². The zero-order valence-electron chi connectivity index (χ0n) is 17.7. The van der Waals surface area contributed by atoms with Crippen LogP contribution < -0.4 is 5.56 Å². The van der Waals surface area contributed by atoms with Gasteiger partial charge in [0.15, 0.2) is 5.82 Å². The molecule has 31 heavy (non-hydrogen) atoms. The minimum absolute atomic E-state index is 0.0466. The van der Waals surface area contributed by atoms with Crippen LogP contribution in [0.25, 0.3) is 28.0 Å². The fourth-order valence-corrected chi connectivity index (χ4v) is 3.82. The number of fused-ring (bicyclic) bond motifs is 1. The molecule has 0 fully saturated rings. The monoisotopic (exact) mass is 413 g/mol. The molecule has 0 amide bonds. The minimum atomic E-state index is -0.414. The van der Waals surface area contributed by atoms with Crippen molar-refractivity contribution in [1.82, 2.24) is 9.55 Å². The standard InChI is InChI=1S/C25H23N3O3/c1-4-16(2)18-12-14-19(15-13-18)27-24(21-10-7-8-17(3)23(21)28(30)31)26-22-11-6-5-9-20(22)25(27)29/h5-16H,4H2,1-3H3. The van der Waals surface area contributed by atoms with E-state index >= 15 is 0 Å². The first-order valence-electron chi connectivity index (χ1n) is 10.3. The molecule has 0 aliphatic rings. The van der Waals surface area contributed by atoms with Gasteiger partial charge in [0.1, 0.15) is 0 Å². The van der Waals surface area contributed by atoms with Crippen LogP contribution in [0, 0.1) is 17.0 Å². The Kier molecular flexibility index (Phi) is 5.38. The van der Waals surface area contributed by atoms with Crippen LogP contribution in [0.5, 0.6) is 0 Å². The number of hydrogen-bond donors (Lipinski definition) is 0. The van der Waals surface area contributed by atoms with Gasteiger partial charge in [-0.3, -0.25) is 19.5 Å². The normalized spacial score (nSPS) is 12.1. The van der Waals surface area contributed by atoms with Crippen molar-refractivity contribution in [2.24, 2.45) is 0 Å². The summed E-state index contributed by atoms with van der Waals surface area (Å²) in [6.07, 6.45) is 1.01. The highest BCUT2D eigenvalue weighted by Crippen LogP contribution is 2.33. The second-order valence-corrected chi connectivity index (χ2v) is 7.72. The number of nitro benzene ring substituents is 1. The Labute approximate surface area is 180 Å². The van der Waals surface area contributed by atoms with E-state index in [1.165, 1.54) is 10.1 Å². The lowest BCUT2D eigenvalue weighted by atomic mass is 9.98. The number of nitro groups is 1. The molecule has 0 N–H and O–H groups in total. The van der Waals surface area contributed by atoms with E-state index in [1.54, 1.807) is 49.4 Å². The Bertz CT molecular complexity index is 1340. The molecule has 0 bridgehead atoms. The molecule has 3 aromatic carbocycles. The number of benzene rings is 3. The van der Waals surface area contributed by atoms with Gasteiger partial charge in [-0.05, 0) is 55.2 Å². The Morgan fingerprint density at radius 2 is 1.74 bits per heavy atom. The fraction of sp³-hybridized carbons (Fsp3) is 0.200. The SMILES string of the molecule is CCC(C)c1ccc(-n2c(-c3cccc(C)c3[N+](=O)[O-])nc3ccccc3c2=O)cc1. The number of hydrogen-bond acceptors (Lipinski definition) is 4. The van der Waals surface area contributed by atoms with Crippen LogP contribution >= 0.6 is 0 Å². The Morgan fingerprint density at radius 1 is 1.03 bits per heavy atom. The average Bonchev–Trinajstić information content (AvgIpc) is 2.78. The molecule has 0 spiro atoms. The fourth-order valence-electron chi connectivity index (χ4n) is 3.82. The van der Waals surface area contributed by atoms with E-state index in [-0.39, 0.29) is 17.1 Å². The summed E-state index contributed by atoms with van der Waals surface area (Å²) in [5, 5.41) is 12.3. The van der Waals surface area contributed by atoms with Crippen LogP contribution in [0.4, 0.5) is 5.69 Å². The third kappa shape index (κ3) is 3.61. The molecule has 0 aliphatic carbocycles. The molecule has 1 heterocycles. The lowest BCUT2D eigenvalue weighted by Gasteiger charge is -2.16. The molecule has 6 heteroatoms. The summed E-state index contributed by atoms with van der Waals surface area (Å²) >= 11 is 0. The summed E-state index contributed by atoms with van der Waals surface area (Å²) in [5.41, 5.74) is 2.84. The second-order valence-electron chi connectivity index (χ2n) is 7.72. The van der Waals surface area contributed by atoms with Crippen molar-refractivity contribution in [2.75, 3.05) is 0 Å². The average molecular weight is 413 g/mol. The van der Waals surface area contributed by atoms with Gasteiger partial charge in [0.05, 0.1) is 27.1 Å². The molecule has 0 saturated heterocycles. The molecule has 4 aromatic rings. The number of aromatic nitrogens is 2. The van der Waals surface area contributed by atoms with Crippen LogP contribution in [0.3, 0.4) is 0 Å². The van der Waals surface area contributed by atoms with Crippen molar-refractivity contribution in [3.05, 3.63) is 98.3 Å². The van der Waals surface area contributed by atoms with Gasteiger partial charge >= 0.3 is 0 Å². The van der Waals surface area contributed by atoms with Gasteiger partial charge in [0, 0.05) is 5.56 Å². The maximum Gasteiger partial charge on any atom is 0.283 e. The minimum Gasteiger partial charge on any atom is -0.268 e. The van der Waals surface area contributed by atoms with E-state index < -0.39 is 4.92 Å². The van der Waals surface area contributed by atoms with Crippen molar-refractivity contribution in [1.29, 1.82) is 0 Å².